The van der Waals surface area contributed by atoms with Gasteiger partial charge in [0, 0.05) is 12.4 Å². The van der Waals surface area contributed by atoms with Gasteiger partial charge in [0.1, 0.15) is 11.6 Å². The summed E-state index contributed by atoms with van der Waals surface area (Å²) in [7, 11) is 0. The first kappa shape index (κ1) is 18.3. The minimum absolute atomic E-state index is 0.00151. The predicted octanol–water partition coefficient (Wildman–Crippen LogP) is 3.09. The van der Waals surface area contributed by atoms with Crippen LogP contribution in [0.15, 0.2) is 41.4 Å². The lowest BCUT2D eigenvalue weighted by molar-refractivity contribution is -0.125. The zero-order valence-electron chi connectivity index (χ0n) is 15.2. The SMILES string of the molecule is Cc1nc(C)n(C[C@@H](C)C(=O)N[C@@H](Cc2ccsc2)c2cccnc2)n1. The number of carbonyl (C=O) groups is 1. The molecule has 1 N–H and O–H groups in total. The van der Waals surface area contributed by atoms with E-state index < -0.39 is 0 Å². The van der Waals surface area contributed by atoms with E-state index in [0.717, 1.165) is 23.6 Å². The van der Waals surface area contributed by atoms with Crippen molar-refractivity contribution in [1.82, 2.24) is 25.1 Å². The second-order valence-electron chi connectivity index (χ2n) is 6.47. The molecule has 2 atom stereocenters. The maximum Gasteiger partial charge on any atom is 0.225 e. The van der Waals surface area contributed by atoms with Crippen LogP contribution in [0.2, 0.25) is 0 Å². The molecule has 3 aromatic rings. The van der Waals surface area contributed by atoms with Crippen molar-refractivity contribution < 1.29 is 4.79 Å². The molecule has 3 rings (SSSR count). The third kappa shape index (κ3) is 4.54. The number of hydrogen-bond donors (Lipinski definition) is 1. The molecule has 0 aromatic carbocycles. The first-order valence-corrected chi connectivity index (χ1v) is 9.56. The van der Waals surface area contributed by atoms with Crippen molar-refractivity contribution in [2.45, 2.75) is 39.8 Å². The number of aryl methyl sites for hydroxylation is 2. The molecule has 0 unspecified atom stereocenters. The summed E-state index contributed by atoms with van der Waals surface area (Å²) in [5.41, 5.74) is 2.21. The summed E-state index contributed by atoms with van der Waals surface area (Å²) in [6.45, 7) is 6.18. The quantitative estimate of drug-likeness (QED) is 0.695. The molecule has 0 fully saturated rings. The van der Waals surface area contributed by atoms with Crippen molar-refractivity contribution in [3.05, 3.63) is 64.1 Å². The topological polar surface area (TPSA) is 72.7 Å². The van der Waals surface area contributed by atoms with Gasteiger partial charge in [-0.1, -0.05) is 13.0 Å². The Morgan fingerprint density at radius 2 is 2.19 bits per heavy atom. The van der Waals surface area contributed by atoms with Crippen molar-refractivity contribution in [2.24, 2.45) is 5.92 Å². The summed E-state index contributed by atoms with van der Waals surface area (Å²) < 4.78 is 1.79. The van der Waals surface area contributed by atoms with Crippen LogP contribution in [0.25, 0.3) is 0 Å². The zero-order chi connectivity index (χ0) is 18.5. The van der Waals surface area contributed by atoms with Crippen LogP contribution in [0.1, 0.15) is 35.7 Å². The number of amides is 1. The Morgan fingerprint density at radius 1 is 1.35 bits per heavy atom. The lowest BCUT2D eigenvalue weighted by atomic mass is 10.0. The molecular formula is C19H23N5OS. The molecule has 0 radical (unpaired) electrons. The van der Waals surface area contributed by atoms with Crippen LogP contribution in [0.5, 0.6) is 0 Å². The predicted molar refractivity (Wildman–Crippen MR) is 102 cm³/mol. The van der Waals surface area contributed by atoms with E-state index in [0.29, 0.717) is 6.54 Å². The van der Waals surface area contributed by atoms with E-state index >= 15 is 0 Å². The summed E-state index contributed by atoms with van der Waals surface area (Å²) in [5.74, 6) is 1.34. The molecule has 0 spiro atoms. The molecule has 0 aliphatic rings. The number of rotatable bonds is 7. The van der Waals surface area contributed by atoms with Crippen LogP contribution in [0, 0.1) is 19.8 Å². The van der Waals surface area contributed by atoms with Crippen LogP contribution in [-0.4, -0.2) is 25.7 Å². The fraction of sp³-hybridized carbons (Fsp3) is 0.368. The fourth-order valence-corrected chi connectivity index (χ4v) is 3.55. The van der Waals surface area contributed by atoms with Gasteiger partial charge in [-0.15, -0.1) is 0 Å². The second kappa shape index (κ2) is 8.23. The summed E-state index contributed by atoms with van der Waals surface area (Å²) in [5, 5.41) is 11.7. The second-order valence-corrected chi connectivity index (χ2v) is 7.25. The summed E-state index contributed by atoms with van der Waals surface area (Å²) in [4.78, 5) is 21.3. The molecule has 0 saturated heterocycles. The summed E-state index contributed by atoms with van der Waals surface area (Å²) in [6.07, 6.45) is 4.30. The molecule has 7 heteroatoms. The molecule has 1 amide bonds. The fourth-order valence-electron chi connectivity index (χ4n) is 2.87. The highest BCUT2D eigenvalue weighted by Gasteiger charge is 2.21. The Bertz CT molecular complexity index is 844. The van der Waals surface area contributed by atoms with Crippen molar-refractivity contribution >= 4 is 17.2 Å². The zero-order valence-corrected chi connectivity index (χ0v) is 16.0. The van der Waals surface area contributed by atoms with Crippen LogP contribution in [0.3, 0.4) is 0 Å². The Hall–Kier alpha value is -2.54. The van der Waals surface area contributed by atoms with Crippen molar-refractivity contribution in [3.8, 4) is 0 Å². The monoisotopic (exact) mass is 369 g/mol. The first-order chi connectivity index (χ1) is 12.5. The molecule has 0 aliphatic carbocycles. The highest BCUT2D eigenvalue weighted by Crippen LogP contribution is 2.20. The van der Waals surface area contributed by atoms with Gasteiger partial charge in [-0.05, 0) is 54.3 Å². The van der Waals surface area contributed by atoms with Gasteiger partial charge in [0.05, 0.1) is 18.5 Å². The number of aromatic nitrogens is 4. The number of pyridine rings is 1. The van der Waals surface area contributed by atoms with Crippen molar-refractivity contribution in [1.29, 1.82) is 0 Å². The Kier molecular flexibility index (Phi) is 5.78. The summed E-state index contributed by atoms with van der Waals surface area (Å²) in [6, 6.07) is 5.88. The van der Waals surface area contributed by atoms with E-state index in [1.165, 1.54) is 5.56 Å². The standard InChI is InChI=1S/C19H23N5OS/c1-13(11-24-15(3)21-14(2)23-24)19(25)22-18(9-16-6-8-26-12-16)17-5-4-7-20-10-17/h4-8,10,12-13,18H,9,11H2,1-3H3,(H,22,25)/t13-,18+/m1/s1. The lowest BCUT2D eigenvalue weighted by Gasteiger charge is -2.21. The normalized spacial score (nSPS) is 13.3. The van der Waals surface area contributed by atoms with Crippen LogP contribution in [-0.2, 0) is 17.8 Å². The van der Waals surface area contributed by atoms with E-state index in [2.05, 4.69) is 37.2 Å². The van der Waals surface area contributed by atoms with Gasteiger partial charge in [0.15, 0.2) is 0 Å². The van der Waals surface area contributed by atoms with E-state index in [1.54, 1.807) is 22.2 Å². The molecule has 0 bridgehead atoms. The minimum Gasteiger partial charge on any atom is -0.349 e. The lowest BCUT2D eigenvalue weighted by Crippen LogP contribution is -2.36. The number of thiophene rings is 1. The average Bonchev–Trinajstić information content (AvgIpc) is 3.24. The summed E-state index contributed by atoms with van der Waals surface area (Å²) >= 11 is 1.66. The minimum atomic E-state index is -0.212. The van der Waals surface area contributed by atoms with E-state index in [-0.39, 0.29) is 17.9 Å². The van der Waals surface area contributed by atoms with E-state index in [4.69, 9.17) is 0 Å². The van der Waals surface area contributed by atoms with Crippen LogP contribution in [0.4, 0.5) is 0 Å². The number of nitrogens with one attached hydrogen (secondary N) is 1. The van der Waals surface area contributed by atoms with Gasteiger partial charge in [-0.25, -0.2) is 9.67 Å². The highest BCUT2D eigenvalue weighted by atomic mass is 32.1. The number of hydrogen-bond acceptors (Lipinski definition) is 5. The maximum absolute atomic E-state index is 12.8. The van der Waals surface area contributed by atoms with Gasteiger partial charge in [0.25, 0.3) is 0 Å². The first-order valence-electron chi connectivity index (χ1n) is 8.62. The largest absolute Gasteiger partial charge is 0.349 e. The number of carbonyl (C=O) groups excluding carboxylic acids is 1. The van der Waals surface area contributed by atoms with Crippen molar-refractivity contribution in [2.75, 3.05) is 0 Å². The average molecular weight is 369 g/mol. The third-order valence-electron chi connectivity index (χ3n) is 4.28. The Labute approximate surface area is 157 Å². The molecule has 3 heterocycles. The molecule has 136 valence electrons. The Balaban J connectivity index is 1.71. The molecule has 0 aliphatic heterocycles. The van der Waals surface area contributed by atoms with Crippen LogP contribution >= 0.6 is 11.3 Å². The van der Waals surface area contributed by atoms with Gasteiger partial charge in [-0.2, -0.15) is 16.4 Å². The van der Waals surface area contributed by atoms with Gasteiger partial charge >= 0.3 is 0 Å². The number of nitrogens with zero attached hydrogens (tertiary/aromatic N) is 4. The van der Waals surface area contributed by atoms with Crippen molar-refractivity contribution in [3.63, 3.8) is 0 Å². The molecule has 0 saturated carbocycles. The maximum atomic E-state index is 12.8. The van der Waals surface area contributed by atoms with Gasteiger partial charge in [0.2, 0.25) is 5.91 Å². The molecule has 26 heavy (non-hydrogen) atoms. The molecule has 6 nitrogen and oxygen atoms in total. The molecule has 3 aromatic heterocycles. The highest BCUT2D eigenvalue weighted by molar-refractivity contribution is 7.07. The van der Waals surface area contributed by atoms with E-state index in [1.807, 2.05) is 39.1 Å². The Morgan fingerprint density at radius 3 is 2.81 bits per heavy atom. The van der Waals surface area contributed by atoms with Crippen LogP contribution < -0.4 is 5.32 Å². The third-order valence-corrected chi connectivity index (χ3v) is 5.01. The van der Waals surface area contributed by atoms with Gasteiger partial charge < -0.3 is 5.32 Å². The van der Waals surface area contributed by atoms with Gasteiger partial charge in [-0.3, -0.25) is 9.78 Å². The smallest absolute Gasteiger partial charge is 0.225 e. The van der Waals surface area contributed by atoms with E-state index in [9.17, 15) is 4.79 Å². The molecular weight excluding hydrogens is 346 g/mol.